The van der Waals surface area contributed by atoms with E-state index in [2.05, 4.69) is 25.6 Å². The maximum atomic E-state index is 14.1. The Kier molecular flexibility index (Phi) is 5.13. The van der Waals surface area contributed by atoms with Gasteiger partial charge in [-0.15, -0.1) is 0 Å². The molecular formula is C20H25FN6O. The highest BCUT2D eigenvalue weighted by atomic mass is 19.1. The fraction of sp³-hybridized carbons (Fsp3) is 0.450. The van der Waals surface area contributed by atoms with Gasteiger partial charge in [0.25, 0.3) is 0 Å². The third-order valence-electron chi connectivity index (χ3n) is 5.10. The van der Waals surface area contributed by atoms with Crippen LogP contribution in [0.2, 0.25) is 0 Å². The summed E-state index contributed by atoms with van der Waals surface area (Å²) in [6, 6.07) is 6.85. The van der Waals surface area contributed by atoms with Crippen LogP contribution in [0.4, 0.5) is 22.0 Å². The average molecular weight is 384 g/mol. The number of anilines is 3. The molecule has 1 aromatic carbocycles. The minimum Gasteiger partial charge on any atom is -0.393 e. The van der Waals surface area contributed by atoms with Gasteiger partial charge in [-0.2, -0.15) is 4.98 Å². The van der Waals surface area contributed by atoms with Crippen molar-refractivity contribution in [2.45, 2.75) is 57.7 Å². The molecule has 2 heterocycles. The van der Waals surface area contributed by atoms with Gasteiger partial charge in [-0.25, -0.2) is 14.4 Å². The molecule has 3 N–H and O–H groups in total. The predicted octanol–water partition coefficient (Wildman–Crippen LogP) is 4.01. The lowest BCUT2D eigenvalue weighted by atomic mass is 9.93. The number of nitrogens with one attached hydrogen (secondary N) is 2. The van der Waals surface area contributed by atoms with E-state index < -0.39 is 0 Å². The standard InChI is InChI=1S/C20H25FN6O/c1-12(2)27-18-17(25-20(27)24-16-6-4-3-5-15(16)21)11-22-19(26-18)23-13-7-9-14(28)10-8-13/h3-6,11-14,28H,7-10H2,1-2H3,(H,24,25)(H,22,23,26)/t13-,14-. The molecule has 0 atom stereocenters. The van der Waals surface area contributed by atoms with Crippen molar-refractivity contribution in [2.24, 2.45) is 0 Å². The van der Waals surface area contributed by atoms with E-state index in [9.17, 15) is 9.50 Å². The molecule has 2 aromatic heterocycles. The largest absolute Gasteiger partial charge is 0.393 e. The van der Waals surface area contributed by atoms with Crippen molar-refractivity contribution in [1.29, 1.82) is 0 Å². The minimum atomic E-state index is -0.335. The monoisotopic (exact) mass is 384 g/mol. The van der Waals surface area contributed by atoms with Crippen LogP contribution < -0.4 is 10.6 Å². The number of rotatable bonds is 5. The van der Waals surface area contributed by atoms with Crippen LogP contribution in [0.5, 0.6) is 0 Å². The second-order valence-electron chi connectivity index (χ2n) is 7.56. The van der Waals surface area contributed by atoms with Gasteiger partial charge in [-0.3, -0.25) is 4.57 Å². The number of fused-ring (bicyclic) bond motifs is 1. The van der Waals surface area contributed by atoms with E-state index in [0.29, 0.717) is 28.7 Å². The normalized spacial score (nSPS) is 19.9. The molecule has 0 unspecified atom stereocenters. The van der Waals surface area contributed by atoms with Gasteiger partial charge in [0, 0.05) is 12.1 Å². The Labute approximate surface area is 163 Å². The molecule has 0 bridgehead atoms. The zero-order valence-electron chi connectivity index (χ0n) is 16.1. The summed E-state index contributed by atoms with van der Waals surface area (Å²) in [6.07, 6.45) is 4.86. The van der Waals surface area contributed by atoms with Crippen molar-refractivity contribution in [3.8, 4) is 0 Å². The molecule has 148 valence electrons. The summed E-state index contributed by atoms with van der Waals surface area (Å²) >= 11 is 0. The second-order valence-corrected chi connectivity index (χ2v) is 7.56. The van der Waals surface area contributed by atoms with E-state index in [0.717, 1.165) is 25.7 Å². The summed E-state index contributed by atoms with van der Waals surface area (Å²) in [6.45, 7) is 4.07. The highest BCUT2D eigenvalue weighted by Gasteiger charge is 2.21. The van der Waals surface area contributed by atoms with E-state index >= 15 is 0 Å². The van der Waals surface area contributed by atoms with E-state index in [-0.39, 0.29) is 24.0 Å². The molecule has 0 spiro atoms. The number of hydrogen-bond donors (Lipinski definition) is 3. The fourth-order valence-corrected chi connectivity index (χ4v) is 3.62. The van der Waals surface area contributed by atoms with Crippen molar-refractivity contribution in [3.63, 3.8) is 0 Å². The predicted molar refractivity (Wildman–Crippen MR) is 107 cm³/mol. The highest BCUT2D eigenvalue weighted by Crippen LogP contribution is 2.27. The van der Waals surface area contributed by atoms with Crippen LogP contribution >= 0.6 is 0 Å². The molecule has 1 aliphatic carbocycles. The highest BCUT2D eigenvalue weighted by molar-refractivity contribution is 5.76. The quantitative estimate of drug-likeness (QED) is 0.616. The molecule has 8 heteroatoms. The minimum absolute atomic E-state index is 0.0758. The number of nitrogens with zero attached hydrogens (tertiary/aromatic N) is 4. The Hall–Kier alpha value is -2.74. The van der Waals surface area contributed by atoms with Gasteiger partial charge in [0.1, 0.15) is 11.3 Å². The molecule has 0 saturated heterocycles. The number of halogens is 1. The molecule has 4 rings (SSSR count). The Balaban J connectivity index is 1.64. The van der Waals surface area contributed by atoms with Gasteiger partial charge in [0.15, 0.2) is 5.65 Å². The Morgan fingerprint density at radius 2 is 1.89 bits per heavy atom. The van der Waals surface area contributed by atoms with Gasteiger partial charge < -0.3 is 15.7 Å². The molecule has 0 radical (unpaired) electrons. The second kappa shape index (κ2) is 7.71. The molecule has 1 saturated carbocycles. The summed E-state index contributed by atoms with van der Waals surface area (Å²) in [7, 11) is 0. The number of para-hydroxylation sites is 1. The van der Waals surface area contributed by atoms with Gasteiger partial charge in [0.2, 0.25) is 11.9 Å². The van der Waals surface area contributed by atoms with Crippen molar-refractivity contribution in [3.05, 3.63) is 36.3 Å². The molecule has 0 aliphatic heterocycles. The first-order chi connectivity index (χ1) is 13.5. The first kappa shape index (κ1) is 18.6. The lowest BCUT2D eigenvalue weighted by Gasteiger charge is -2.26. The SMILES string of the molecule is CC(C)n1c(Nc2ccccc2F)nc2cnc(N[C@H]3CC[C@H](O)CC3)nc21. The van der Waals surface area contributed by atoms with Gasteiger partial charge >= 0.3 is 0 Å². The van der Waals surface area contributed by atoms with Crippen molar-refractivity contribution >= 4 is 28.7 Å². The smallest absolute Gasteiger partial charge is 0.224 e. The number of aliphatic hydroxyl groups is 1. The summed E-state index contributed by atoms with van der Waals surface area (Å²) in [5.41, 5.74) is 1.71. The molecule has 0 amide bonds. The number of aliphatic hydroxyl groups excluding tert-OH is 1. The van der Waals surface area contributed by atoms with Crippen LogP contribution in [-0.2, 0) is 0 Å². The third kappa shape index (κ3) is 3.77. The zero-order valence-corrected chi connectivity index (χ0v) is 16.1. The van der Waals surface area contributed by atoms with E-state index in [1.54, 1.807) is 24.4 Å². The van der Waals surface area contributed by atoms with Crippen molar-refractivity contribution in [1.82, 2.24) is 19.5 Å². The van der Waals surface area contributed by atoms with Gasteiger partial charge in [-0.05, 0) is 51.7 Å². The van der Waals surface area contributed by atoms with Crippen molar-refractivity contribution < 1.29 is 9.50 Å². The number of aromatic nitrogens is 4. The fourth-order valence-electron chi connectivity index (χ4n) is 3.62. The first-order valence-electron chi connectivity index (χ1n) is 9.72. The summed E-state index contributed by atoms with van der Waals surface area (Å²) < 4.78 is 16.0. The van der Waals surface area contributed by atoms with Gasteiger partial charge in [0.05, 0.1) is 18.0 Å². The molecule has 1 aliphatic rings. The summed E-state index contributed by atoms with van der Waals surface area (Å²) in [5, 5.41) is 16.1. The number of benzene rings is 1. The van der Waals surface area contributed by atoms with Crippen LogP contribution in [0.1, 0.15) is 45.6 Å². The number of imidazole rings is 1. The Morgan fingerprint density at radius 1 is 1.14 bits per heavy atom. The topological polar surface area (TPSA) is 87.9 Å². The number of hydrogen-bond acceptors (Lipinski definition) is 6. The van der Waals surface area contributed by atoms with Crippen LogP contribution in [-0.4, -0.2) is 36.8 Å². The Morgan fingerprint density at radius 3 is 2.61 bits per heavy atom. The maximum absolute atomic E-state index is 14.1. The van der Waals surface area contributed by atoms with Crippen molar-refractivity contribution in [2.75, 3.05) is 10.6 Å². The molecule has 7 nitrogen and oxygen atoms in total. The summed E-state index contributed by atoms with van der Waals surface area (Å²) in [5.74, 6) is 0.744. The lowest BCUT2D eigenvalue weighted by Crippen LogP contribution is -2.28. The van der Waals surface area contributed by atoms with Crippen LogP contribution in [0.25, 0.3) is 11.2 Å². The first-order valence-corrected chi connectivity index (χ1v) is 9.72. The molecular weight excluding hydrogens is 359 g/mol. The maximum Gasteiger partial charge on any atom is 0.224 e. The van der Waals surface area contributed by atoms with Crippen LogP contribution in [0.3, 0.4) is 0 Å². The molecule has 3 aromatic rings. The Bertz CT molecular complexity index is 964. The third-order valence-corrected chi connectivity index (χ3v) is 5.10. The van der Waals surface area contributed by atoms with Crippen LogP contribution in [0, 0.1) is 5.82 Å². The van der Waals surface area contributed by atoms with E-state index in [1.165, 1.54) is 6.07 Å². The van der Waals surface area contributed by atoms with Crippen LogP contribution in [0.15, 0.2) is 30.5 Å². The van der Waals surface area contributed by atoms with E-state index in [1.807, 2.05) is 18.4 Å². The molecule has 28 heavy (non-hydrogen) atoms. The van der Waals surface area contributed by atoms with E-state index in [4.69, 9.17) is 0 Å². The zero-order chi connectivity index (χ0) is 19.7. The van der Waals surface area contributed by atoms with Gasteiger partial charge in [-0.1, -0.05) is 12.1 Å². The average Bonchev–Trinajstić information content (AvgIpc) is 3.03. The molecule has 1 fully saturated rings. The summed E-state index contributed by atoms with van der Waals surface area (Å²) in [4.78, 5) is 13.6. The lowest BCUT2D eigenvalue weighted by molar-refractivity contribution is 0.126.